The molecule has 5 nitrogen and oxygen atoms in total. The first kappa shape index (κ1) is 13.3. The third kappa shape index (κ3) is 2.23. The molecule has 0 radical (unpaired) electrons. The van der Waals surface area contributed by atoms with Gasteiger partial charge in [0.05, 0.1) is 6.54 Å². The zero-order valence-corrected chi connectivity index (χ0v) is 11.2. The summed E-state index contributed by atoms with van der Waals surface area (Å²) in [6.07, 6.45) is 0. The van der Waals surface area contributed by atoms with Crippen LogP contribution in [0.4, 0.5) is 4.79 Å². The molecule has 1 aliphatic heterocycles. The molecule has 1 aliphatic rings. The smallest absolute Gasteiger partial charge is 0.277 e. The number of nitrogens with zero attached hydrogens (tertiary/aromatic N) is 1. The molecular weight excluding hydrogens is 244 g/mol. The molecule has 100 valence electrons. The summed E-state index contributed by atoms with van der Waals surface area (Å²) < 4.78 is 0. The van der Waals surface area contributed by atoms with Gasteiger partial charge in [0.15, 0.2) is 0 Å². The molecule has 0 spiro atoms. The third-order valence-corrected chi connectivity index (χ3v) is 3.40. The van der Waals surface area contributed by atoms with Crippen molar-refractivity contribution in [2.24, 2.45) is 5.41 Å². The highest BCUT2D eigenvalue weighted by atomic mass is 16.2. The number of hydrogen-bond donors (Lipinski definition) is 1. The molecule has 1 aromatic rings. The van der Waals surface area contributed by atoms with Crippen LogP contribution in [0.15, 0.2) is 24.3 Å². The molecular formula is C14H16N2O3. The monoisotopic (exact) mass is 260 g/mol. The van der Waals surface area contributed by atoms with E-state index in [0.717, 1.165) is 16.0 Å². The van der Waals surface area contributed by atoms with E-state index in [4.69, 9.17) is 0 Å². The van der Waals surface area contributed by atoms with Gasteiger partial charge in [-0.05, 0) is 31.9 Å². The van der Waals surface area contributed by atoms with Crippen LogP contribution >= 0.6 is 0 Å². The van der Waals surface area contributed by atoms with E-state index in [1.54, 1.807) is 0 Å². The molecule has 1 aromatic carbocycles. The second-order valence-electron chi connectivity index (χ2n) is 5.20. The van der Waals surface area contributed by atoms with Crippen molar-refractivity contribution in [2.45, 2.75) is 27.3 Å². The number of aryl methyl sites for hydroxylation is 1. The predicted molar refractivity (Wildman–Crippen MR) is 69.0 cm³/mol. The van der Waals surface area contributed by atoms with Crippen LogP contribution in [0.3, 0.4) is 0 Å². The summed E-state index contributed by atoms with van der Waals surface area (Å²) in [5, 5.41) is 2.22. The number of hydrogen-bond acceptors (Lipinski definition) is 3. The predicted octanol–water partition coefficient (Wildman–Crippen LogP) is 1.60. The van der Waals surface area contributed by atoms with Gasteiger partial charge in [0.1, 0.15) is 5.41 Å². The summed E-state index contributed by atoms with van der Waals surface area (Å²) in [5.41, 5.74) is 0.672. The Bertz CT molecular complexity index is 564. The lowest BCUT2D eigenvalue weighted by atomic mass is 9.88. The van der Waals surface area contributed by atoms with Crippen molar-refractivity contribution < 1.29 is 14.4 Å². The van der Waals surface area contributed by atoms with Crippen LogP contribution < -0.4 is 5.32 Å². The van der Waals surface area contributed by atoms with Gasteiger partial charge in [-0.1, -0.05) is 24.3 Å². The van der Waals surface area contributed by atoms with Crippen molar-refractivity contribution in [3.63, 3.8) is 0 Å². The van der Waals surface area contributed by atoms with Gasteiger partial charge in [0.2, 0.25) is 11.8 Å². The number of carbonyl (C=O) groups is 3. The average molecular weight is 260 g/mol. The fraction of sp³-hybridized carbons (Fsp3) is 0.357. The Morgan fingerprint density at radius 2 is 1.79 bits per heavy atom. The third-order valence-electron chi connectivity index (χ3n) is 3.40. The van der Waals surface area contributed by atoms with Gasteiger partial charge in [0, 0.05) is 0 Å². The summed E-state index contributed by atoms with van der Waals surface area (Å²) in [4.78, 5) is 36.7. The lowest BCUT2D eigenvalue weighted by Gasteiger charge is -2.34. The van der Waals surface area contributed by atoms with Crippen LogP contribution in [0.5, 0.6) is 0 Å². The average Bonchev–Trinajstić information content (AvgIpc) is 2.35. The topological polar surface area (TPSA) is 66.5 Å². The lowest BCUT2D eigenvalue weighted by molar-refractivity contribution is -0.149. The van der Waals surface area contributed by atoms with Crippen molar-refractivity contribution in [3.05, 3.63) is 35.4 Å². The summed E-state index contributed by atoms with van der Waals surface area (Å²) in [5.74, 6) is -1.02. The van der Waals surface area contributed by atoms with Gasteiger partial charge in [-0.2, -0.15) is 0 Å². The first-order valence-electron chi connectivity index (χ1n) is 6.06. The molecule has 2 rings (SSSR count). The SMILES string of the molecule is Cc1ccccc1CN1C(=O)NC(=O)C(C)(C)C1=O. The maximum atomic E-state index is 12.2. The van der Waals surface area contributed by atoms with Gasteiger partial charge in [-0.25, -0.2) is 4.79 Å². The van der Waals surface area contributed by atoms with Crippen molar-refractivity contribution in [1.82, 2.24) is 10.2 Å². The molecule has 4 amide bonds. The fourth-order valence-corrected chi connectivity index (χ4v) is 1.95. The number of barbiturate groups is 1. The van der Waals surface area contributed by atoms with E-state index in [0.29, 0.717) is 0 Å². The Labute approximate surface area is 111 Å². The van der Waals surface area contributed by atoms with E-state index in [2.05, 4.69) is 5.32 Å². The number of amides is 4. The van der Waals surface area contributed by atoms with E-state index in [1.807, 2.05) is 31.2 Å². The van der Waals surface area contributed by atoms with Gasteiger partial charge < -0.3 is 0 Å². The molecule has 1 heterocycles. The summed E-state index contributed by atoms with van der Waals surface area (Å²) in [6, 6.07) is 6.87. The molecule has 0 bridgehead atoms. The minimum Gasteiger partial charge on any atom is -0.277 e. The second-order valence-corrected chi connectivity index (χ2v) is 5.20. The highest BCUT2D eigenvalue weighted by Gasteiger charge is 2.46. The molecule has 1 saturated heterocycles. The second kappa shape index (κ2) is 4.50. The van der Waals surface area contributed by atoms with E-state index < -0.39 is 23.3 Å². The number of benzene rings is 1. The van der Waals surface area contributed by atoms with E-state index in [1.165, 1.54) is 13.8 Å². The summed E-state index contributed by atoms with van der Waals surface area (Å²) in [7, 11) is 0. The molecule has 0 saturated carbocycles. The van der Waals surface area contributed by atoms with E-state index >= 15 is 0 Å². The molecule has 5 heteroatoms. The number of urea groups is 1. The molecule has 0 aliphatic carbocycles. The standard InChI is InChI=1S/C14H16N2O3/c1-9-6-4-5-7-10(9)8-16-12(18)14(2,3)11(17)15-13(16)19/h4-7H,8H2,1-3H3,(H,15,17,19). The molecule has 0 unspecified atom stereocenters. The minimum atomic E-state index is -1.21. The van der Waals surface area contributed by atoms with Crippen LogP contribution in [0.1, 0.15) is 25.0 Å². The Morgan fingerprint density at radius 1 is 1.16 bits per heavy atom. The lowest BCUT2D eigenvalue weighted by Crippen LogP contribution is -2.61. The maximum Gasteiger partial charge on any atom is 0.331 e. The van der Waals surface area contributed by atoms with Crippen molar-refractivity contribution in [3.8, 4) is 0 Å². The van der Waals surface area contributed by atoms with Crippen LogP contribution in [0.2, 0.25) is 0 Å². The zero-order valence-electron chi connectivity index (χ0n) is 11.2. The number of nitrogens with one attached hydrogen (secondary N) is 1. The maximum absolute atomic E-state index is 12.2. The number of carbonyl (C=O) groups excluding carboxylic acids is 3. The van der Waals surface area contributed by atoms with Crippen molar-refractivity contribution in [1.29, 1.82) is 0 Å². The van der Waals surface area contributed by atoms with E-state index in [-0.39, 0.29) is 6.54 Å². The highest BCUT2D eigenvalue weighted by molar-refractivity contribution is 6.18. The van der Waals surface area contributed by atoms with E-state index in [9.17, 15) is 14.4 Å². The molecule has 0 aromatic heterocycles. The molecule has 0 atom stereocenters. The zero-order chi connectivity index (χ0) is 14.2. The summed E-state index contributed by atoms with van der Waals surface area (Å²) >= 11 is 0. The normalized spacial score (nSPS) is 18.5. The van der Waals surface area contributed by atoms with Crippen molar-refractivity contribution >= 4 is 17.8 Å². The van der Waals surface area contributed by atoms with Gasteiger partial charge in [-0.15, -0.1) is 0 Å². The Morgan fingerprint density at radius 3 is 2.42 bits per heavy atom. The number of rotatable bonds is 2. The van der Waals surface area contributed by atoms with Gasteiger partial charge in [-0.3, -0.25) is 19.8 Å². The first-order valence-corrected chi connectivity index (χ1v) is 6.06. The summed E-state index contributed by atoms with van der Waals surface area (Å²) in [6.45, 7) is 5.12. The largest absolute Gasteiger partial charge is 0.331 e. The molecule has 19 heavy (non-hydrogen) atoms. The Balaban J connectivity index is 2.30. The fourth-order valence-electron chi connectivity index (χ4n) is 1.95. The van der Waals surface area contributed by atoms with Crippen LogP contribution in [0, 0.1) is 12.3 Å². The van der Waals surface area contributed by atoms with Crippen molar-refractivity contribution in [2.75, 3.05) is 0 Å². The minimum absolute atomic E-state index is 0.175. The Hall–Kier alpha value is -2.17. The quantitative estimate of drug-likeness (QED) is 0.821. The van der Waals surface area contributed by atoms with Gasteiger partial charge in [0.25, 0.3) is 0 Å². The Kier molecular flexibility index (Phi) is 3.14. The molecule has 1 N–H and O–H groups in total. The first-order chi connectivity index (χ1) is 8.84. The highest BCUT2D eigenvalue weighted by Crippen LogP contribution is 2.25. The van der Waals surface area contributed by atoms with Gasteiger partial charge >= 0.3 is 6.03 Å². The molecule has 1 fully saturated rings. The van der Waals surface area contributed by atoms with Crippen LogP contribution in [-0.2, 0) is 16.1 Å². The van der Waals surface area contributed by atoms with Crippen LogP contribution in [0.25, 0.3) is 0 Å². The van der Waals surface area contributed by atoms with Crippen LogP contribution in [-0.4, -0.2) is 22.7 Å². The number of imide groups is 2.